The second-order valence-corrected chi connectivity index (χ2v) is 38.2. The standard InChI is InChI=1S/C75H140O6Si3/c1-13-25-28-31-34-37-40-43-46-49-52-55-58-61-64-67-73(79-82(16-4,17-5)18-6)76-70-72(78-75(81-84(22-10,23-11)24-12)69-66-63-60-57-54-51-48-45-42-39-36-33-30-27-15-3)71-77-74(80-83(19-7,20-8)21-9)68-65-62-59-56-53-50-47-44-41-38-35-32-29-26-14-2/h31-48,72-75H,13-30,49-71H2,1-12H3/b34-31+,35-32+,36-33+,40-37+,41-38+,42-39+,46-43-,47-44-,48-45-. The summed E-state index contributed by atoms with van der Waals surface area (Å²) in [5.41, 5.74) is 0. The fourth-order valence-electron chi connectivity index (χ4n) is 10.8. The van der Waals surface area contributed by atoms with Crippen molar-refractivity contribution in [3.63, 3.8) is 0 Å². The van der Waals surface area contributed by atoms with Crippen molar-refractivity contribution in [1.82, 2.24) is 0 Å². The zero-order chi connectivity index (χ0) is 61.8. The molecule has 0 rings (SSSR count). The van der Waals surface area contributed by atoms with Gasteiger partial charge in [-0.3, -0.25) is 0 Å². The van der Waals surface area contributed by atoms with Gasteiger partial charge >= 0.3 is 0 Å². The molecule has 0 bridgehead atoms. The van der Waals surface area contributed by atoms with Crippen LogP contribution >= 0.6 is 0 Å². The first-order valence-corrected chi connectivity index (χ1v) is 43.6. The third-order valence-corrected chi connectivity index (χ3v) is 31.5. The summed E-state index contributed by atoms with van der Waals surface area (Å²) < 4.78 is 43.4. The highest BCUT2D eigenvalue weighted by molar-refractivity contribution is 6.74. The van der Waals surface area contributed by atoms with Crippen molar-refractivity contribution in [2.75, 3.05) is 13.2 Å². The molecule has 0 radical (unpaired) electrons. The summed E-state index contributed by atoms with van der Waals surface area (Å²) in [4.78, 5) is 0. The smallest absolute Gasteiger partial charge is 0.195 e. The normalized spacial score (nSPS) is 14.9. The lowest BCUT2D eigenvalue weighted by Crippen LogP contribution is -2.45. The zero-order valence-electron chi connectivity index (χ0n) is 57.6. The topological polar surface area (TPSA) is 55.4 Å². The van der Waals surface area contributed by atoms with E-state index < -0.39 is 25.0 Å². The van der Waals surface area contributed by atoms with E-state index in [0.717, 1.165) is 112 Å². The molecule has 488 valence electrons. The Labute approximate surface area is 527 Å². The monoisotopic (exact) mass is 1220 g/mol. The quantitative estimate of drug-likeness (QED) is 0.0262. The van der Waals surface area contributed by atoms with Gasteiger partial charge in [-0.1, -0.05) is 289 Å². The molecule has 9 heteroatoms. The molecule has 0 aromatic rings. The van der Waals surface area contributed by atoms with Gasteiger partial charge in [0.2, 0.25) is 0 Å². The Morgan fingerprint density at radius 2 is 0.476 bits per heavy atom. The molecule has 0 saturated carbocycles. The zero-order valence-corrected chi connectivity index (χ0v) is 60.6. The van der Waals surface area contributed by atoms with E-state index in [1.165, 1.54) is 135 Å². The van der Waals surface area contributed by atoms with Gasteiger partial charge in [-0.05, 0) is 151 Å². The van der Waals surface area contributed by atoms with Crippen LogP contribution in [0.3, 0.4) is 0 Å². The molecule has 0 aliphatic heterocycles. The first-order chi connectivity index (χ1) is 41.1. The third kappa shape index (κ3) is 45.3. The highest BCUT2D eigenvalue weighted by Gasteiger charge is 2.37. The summed E-state index contributed by atoms with van der Waals surface area (Å²) in [7, 11) is -5.96. The van der Waals surface area contributed by atoms with Crippen molar-refractivity contribution in [3.05, 3.63) is 109 Å². The minimum absolute atomic E-state index is 0.252. The van der Waals surface area contributed by atoms with Crippen LogP contribution in [0.25, 0.3) is 0 Å². The SMILES string of the molecule is CCCC/C=C/C=C/C=C\CCCCCCCC(OCC(COC(CCCCCCC\C=C/C=C/C=C/CCCC)O[Si](CC)(CC)CC)OC(CCCCCCC\C=C/C=C/C=C/CCCC)O[Si](CC)(CC)CC)O[Si](CC)(CC)CC. The molecule has 0 fully saturated rings. The molecule has 0 N–H and O–H groups in total. The molecule has 0 aromatic carbocycles. The van der Waals surface area contributed by atoms with Crippen molar-refractivity contribution in [3.8, 4) is 0 Å². The van der Waals surface area contributed by atoms with Gasteiger partial charge in [0.05, 0.1) is 13.2 Å². The number of hydrogen-bond acceptors (Lipinski definition) is 6. The second kappa shape index (κ2) is 60.0. The van der Waals surface area contributed by atoms with Crippen LogP contribution in [-0.2, 0) is 27.5 Å². The molecule has 0 aliphatic carbocycles. The molecule has 0 saturated heterocycles. The van der Waals surface area contributed by atoms with Gasteiger partial charge in [-0.15, -0.1) is 0 Å². The van der Waals surface area contributed by atoms with Crippen LogP contribution in [-0.4, -0.2) is 63.1 Å². The Bertz CT molecular complexity index is 1580. The van der Waals surface area contributed by atoms with E-state index in [2.05, 4.69) is 192 Å². The van der Waals surface area contributed by atoms with Gasteiger partial charge < -0.3 is 27.5 Å². The highest BCUT2D eigenvalue weighted by atomic mass is 28.4. The van der Waals surface area contributed by atoms with E-state index in [1.54, 1.807) is 0 Å². The molecular weight excluding hydrogens is 1080 g/mol. The maximum atomic E-state index is 7.35. The number of ether oxygens (including phenoxy) is 3. The molecule has 0 heterocycles. The molecule has 6 nitrogen and oxygen atoms in total. The summed E-state index contributed by atoms with van der Waals surface area (Å²) in [6, 6.07) is 9.87. The minimum atomic E-state index is -2.01. The van der Waals surface area contributed by atoms with Crippen LogP contribution in [0.2, 0.25) is 54.4 Å². The number of allylic oxidation sites excluding steroid dienone is 18. The molecule has 0 spiro atoms. The van der Waals surface area contributed by atoms with Crippen LogP contribution in [0, 0.1) is 0 Å². The molecule has 0 amide bonds. The summed E-state index contributed by atoms with van der Waals surface area (Å²) in [5.74, 6) is 0. The maximum Gasteiger partial charge on any atom is 0.195 e. The largest absolute Gasteiger partial charge is 0.392 e. The van der Waals surface area contributed by atoms with E-state index in [0.29, 0.717) is 13.2 Å². The highest BCUT2D eigenvalue weighted by Crippen LogP contribution is 2.30. The van der Waals surface area contributed by atoms with Gasteiger partial charge in [0, 0.05) is 0 Å². The lowest BCUT2D eigenvalue weighted by atomic mass is 10.1. The van der Waals surface area contributed by atoms with Crippen LogP contribution in [0.1, 0.15) is 276 Å². The molecule has 84 heavy (non-hydrogen) atoms. The number of hydrogen-bond donors (Lipinski definition) is 0. The Balaban J connectivity index is 6.45. The van der Waals surface area contributed by atoms with Crippen LogP contribution in [0.5, 0.6) is 0 Å². The second-order valence-electron chi connectivity index (χ2n) is 24.0. The first-order valence-electron chi connectivity index (χ1n) is 36.0. The molecule has 3 unspecified atom stereocenters. The van der Waals surface area contributed by atoms with Crippen molar-refractivity contribution in [1.29, 1.82) is 0 Å². The predicted octanol–water partition coefficient (Wildman–Crippen LogP) is 25.2. The number of unbranched alkanes of at least 4 members (excludes halogenated alkanes) is 21. The Hall–Kier alpha value is -1.93. The summed E-state index contributed by atoms with van der Waals surface area (Å²) in [5, 5.41) is 0. The van der Waals surface area contributed by atoms with E-state index in [4.69, 9.17) is 27.5 Å². The van der Waals surface area contributed by atoms with Crippen LogP contribution in [0.4, 0.5) is 0 Å². The van der Waals surface area contributed by atoms with Crippen molar-refractivity contribution < 1.29 is 27.5 Å². The summed E-state index contributed by atoms with van der Waals surface area (Å²) >= 11 is 0. The van der Waals surface area contributed by atoms with E-state index in [1.807, 2.05) is 0 Å². The number of rotatable bonds is 62. The van der Waals surface area contributed by atoms with Gasteiger partial charge in [0.25, 0.3) is 0 Å². The lowest BCUT2D eigenvalue weighted by Gasteiger charge is -2.37. The lowest BCUT2D eigenvalue weighted by molar-refractivity contribution is -0.204. The molecule has 0 aromatic heterocycles. The average Bonchev–Trinajstić information content (AvgIpc) is 3.54. The first kappa shape index (κ1) is 82.1. The Morgan fingerprint density at radius 3 is 0.738 bits per heavy atom. The maximum absolute atomic E-state index is 7.35. The Morgan fingerprint density at radius 1 is 0.250 bits per heavy atom. The van der Waals surface area contributed by atoms with E-state index >= 15 is 0 Å². The average molecular weight is 1220 g/mol. The minimum Gasteiger partial charge on any atom is -0.392 e. The Kier molecular flexibility index (Phi) is 58.6. The van der Waals surface area contributed by atoms with E-state index in [9.17, 15) is 0 Å². The van der Waals surface area contributed by atoms with Crippen molar-refractivity contribution in [2.24, 2.45) is 0 Å². The van der Waals surface area contributed by atoms with Gasteiger partial charge in [-0.25, -0.2) is 0 Å². The van der Waals surface area contributed by atoms with Gasteiger partial charge in [-0.2, -0.15) is 0 Å². The van der Waals surface area contributed by atoms with Crippen LogP contribution in [0.15, 0.2) is 109 Å². The van der Waals surface area contributed by atoms with Gasteiger partial charge in [0.15, 0.2) is 25.0 Å². The fraction of sp³-hybridized carbons (Fsp3) is 0.760. The third-order valence-electron chi connectivity index (χ3n) is 17.6. The van der Waals surface area contributed by atoms with E-state index in [-0.39, 0.29) is 25.0 Å². The fourth-order valence-corrected chi connectivity index (χ4v) is 19.0. The summed E-state index contributed by atoms with van der Waals surface area (Å²) in [6.45, 7) is 28.6. The van der Waals surface area contributed by atoms with Crippen LogP contribution < -0.4 is 0 Å². The van der Waals surface area contributed by atoms with Crippen molar-refractivity contribution >= 4 is 25.0 Å². The van der Waals surface area contributed by atoms with Crippen molar-refractivity contribution in [2.45, 2.75) is 355 Å². The predicted molar refractivity (Wildman–Crippen MR) is 381 cm³/mol. The van der Waals surface area contributed by atoms with Gasteiger partial charge in [0.1, 0.15) is 25.0 Å². The molecular formula is C75H140O6Si3. The molecule has 0 aliphatic rings. The summed E-state index contributed by atoms with van der Waals surface area (Å²) in [6.07, 6.45) is 74.0. The molecule has 3 atom stereocenters.